The van der Waals surface area contributed by atoms with Crippen LogP contribution in [0.4, 0.5) is 0 Å². The predicted molar refractivity (Wildman–Crippen MR) is 117 cm³/mol. The SMILES string of the molecule is CC(C(=O)N1CCCC(C(N)=O)C1)N1CCN(C(=O)C23CC4CC(CC(C4)C2)C3)CC1. The van der Waals surface area contributed by atoms with Gasteiger partial charge in [0, 0.05) is 39.3 Å². The summed E-state index contributed by atoms with van der Waals surface area (Å²) in [5.41, 5.74) is 5.40. The van der Waals surface area contributed by atoms with E-state index in [-0.39, 0.29) is 29.2 Å². The van der Waals surface area contributed by atoms with Crippen LogP contribution in [0.2, 0.25) is 0 Å². The van der Waals surface area contributed by atoms with Crippen LogP contribution in [-0.2, 0) is 14.4 Å². The number of nitrogens with two attached hydrogens (primary N) is 1. The Hall–Kier alpha value is -1.63. The lowest BCUT2D eigenvalue weighted by molar-refractivity contribution is -0.160. The van der Waals surface area contributed by atoms with Crippen LogP contribution in [0.1, 0.15) is 58.3 Å². The van der Waals surface area contributed by atoms with Crippen LogP contribution in [0.25, 0.3) is 0 Å². The fourth-order valence-corrected chi connectivity index (χ4v) is 7.85. The molecule has 2 saturated heterocycles. The summed E-state index contributed by atoms with van der Waals surface area (Å²) in [6.45, 7) is 6.06. The fraction of sp³-hybridized carbons (Fsp3) is 0.875. The maximum atomic E-state index is 13.6. The summed E-state index contributed by atoms with van der Waals surface area (Å²) in [6, 6.07) is -0.219. The van der Waals surface area contributed by atoms with Gasteiger partial charge in [0.1, 0.15) is 0 Å². The molecule has 2 N–H and O–H groups in total. The molecule has 0 aromatic rings. The number of piperazine rings is 1. The van der Waals surface area contributed by atoms with Crippen molar-refractivity contribution in [3.05, 3.63) is 0 Å². The van der Waals surface area contributed by atoms with Crippen molar-refractivity contribution in [1.82, 2.24) is 14.7 Å². The molecule has 2 heterocycles. The summed E-state index contributed by atoms with van der Waals surface area (Å²) in [5, 5.41) is 0. The van der Waals surface area contributed by atoms with Gasteiger partial charge in [0.05, 0.1) is 17.4 Å². The van der Waals surface area contributed by atoms with Gasteiger partial charge in [-0.1, -0.05) is 0 Å². The molecule has 6 aliphatic rings. The van der Waals surface area contributed by atoms with E-state index < -0.39 is 0 Å². The van der Waals surface area contributed by atoms with E-state index in [1.165, 1.54) is 19.3 Å². The minimum Gasteiger partial charge on any atom is -0.369 e. The van der Waals surface area contributed by atoms with Crippen LogP contribution in [-0.4, -0.2) is 77.7 Å². The smallest absolute Gasteiger partial charge is 0.239 e. The van der Waals surface area contributed by atoms with Gasteiger partial charge >= 0.3 is 0 Å². The quantitative estimate of drug-likeness (QED) is 0.732. The molecule has 4 bridgehead atoms. The maximum absolute atomic E-state index is 13.6. The largest absolute Gasteiger partial charge is 0.369 e. The highest BCUT2D eigenvalue weighted by molar-refractivity contribution is 5.84. The van der Waals surface area contributed by atoms with E-state index in [4.69, 9.17) is 5.73 Å². The number of hydrogen-bond acceptors (Lipinski definition) is 4. The van der Waals surface area contributed by atoms with Crippen molar-refractivity contribution < 1.29 is 14.4 Å². The molecule has 4 saturated carbocycles. The Bertz CT molecular complexity index is 710. The standard InChI is InChI=1S/C24H38N4O3/c1-16(22(30)28-4-2-3-20(15-28)21(25)29)26-5-7-27(8-6-26)23(31)24-12-17-9-18(13-24)11-19(10-17)14-24/h16-20H,2-15H2,1H3,(H2,25,29). The first-order valence-corrected chi connectivity index (χ1v) is 12.5. The van der Waals surface area contributed by atoms with Crippen molar-refractivity contribution in [2.24, 2.45) is 34.8 Å². The number of carbonyl (C=O) groups excluding carboxylic acids is 3. The van der Waals surface area contributed by atoms with Gasteiger partial charge in [0.15, 0.2) is 0 Å². The number of hydrogen-bond donors (Lipinski definition) is 1. The highest BCUT2D eigenvalue weighted by atomic mass is 16.2. The zero-order chi connectivity index (χ0) is 21.8. The van der Waals surface area contributed by atoms with Crippen molar-refractivity contribution in [3.63, 3.8) is 0 Å². The van der Waals surface area contributed by atoms with E-state index >= 15 is 0 Å². The first-order valence-electron chi connectivity index (χ1n) is 12.5. The molecule has 0 spiro atoms. The molecule has 31 heavy (non-hydrogen) atoms. The van der Waals surface area contributed by atoms with E-state index in [1.807, 2.05) is 11.8 Å². The summed E-state index contributed by atoms with van der Waals surface area (Å²) in [6.07, 6.45) is 9.01. The number of rotatable bonds is 4. The van der Waals surface area contributed by atoms with Crippen LogP contribution in [0.5, 0.6) is 0 Å². The molecule has 4 aliphatic carbocycles. The number of amides is 3. The molecule has 2 atom stereocenters. The Morgan fingerprint density at radius 3 is 2.00 bits per heavy atom. The van der Waals surface area contributed by atoms with E-state index in [2.05, 4.69) is 9.80 Å². The lowest BCUT2D eigenvalue weighted by atomic mass is 9.49. The maximum Gasteiger partial charge on any atom is 0.239 e. The number of primary amides is 1. The van der Waals surface area contributed by atoms with Crippen LogP contribution < -0.4 is 5.73 Å². The fourth-order valence-electron chi connectivity index (χ4n) is 7.85. The van der Waals surface area contributed by atoms with Crippen molar-refractivity contribution >= 4 is 17.7 Å². The van der Waals surface area contributed by atoms with E-state index in [0.717, 1.165) is 76.0 Å². The van der Waals surface area contributed by atoms with Crippen LogP contribution in [0.3, 0.4) is 0 Å². The topological polar surface area (TPSA) is 86.9 Å². The Labute approximate surface area is 185 Å². The van der Waals surface area contributed by atoms with Crippen molar-refractivity contribution in [3.8, 4) is 0 Å². The second-order valence-corrected chi connectivity index (χ2v) is 11.2. The Balaban J connectivity index is 1.16. The van der Waals surface area contributed by atoms with Crippen LogP contribution in [0, 0.1) is 29.1 Å². The molecule has 0 aromatic heterocycles. The monoisotopic (exact) mass is 430 g/mol. The third kappa shape index (κ3) is 3.87. The molecule has 7 heteroatoms. The normalized spacial score (nSPS) is 38.9. The van der Waals surface area contributed by atoms with Gasteiger partial charge in [0.2, 0.25) is 17.7 Å². The highest BCUT2D eigenvalue weighted by Gasteiger charge is 2.55. The molecule has 6 rings (SSSR count). The van der Waals surface area contributed by atoms with Crippen molar-refractivity contribution in [2.75, 3.05) is 39.3 Å². The summed E-state index contributed by atoms with van der Waals surface area (Å²) < 4.78 is 0. The van der Waals surface area contributed by atoms with E-state index in [9.17, 15) is 14.4 Å². The third-order valence-corrected chi connectivity index (χ3v) is 9.13. The zero-order valence-corrected chi connectivity index (χ0v) is 18.9. The van der Waals surface area contributed by atoms with E-state index in [0.29, 0.717) is 19.0 Å². The van der Waals surface area contributed by atoms with Gasteiger partial charge in [-0.3, -0.25) is 19.3 Å². The average Bonchev–Trinajstić information content (AvgIpc) is 2.77. The molecule has 172 valence electrons. The molecular formula is C24H38N4O3. The lowest BCUT2D eigenvalue weighted by Crippen LogP contribution is -2.60. The molecule has 3 amide bonds. The summed E-state index contributed by atoms with van der Waals surface area (Å²) in [4.78, 5) is 44.3. The lowest BCUT2D eigenvalue weighted by Gasteiger charge is -2.57. The second kappa shape index (κ2) is 8.05. The first-order chi connectivity index (χ1) is 14.8. The van der Waals surface area contributed by atoms with Gasteiger partial charge in [-0.05, 0) is 76.0 Å². The van der Waals surface area contributed by atoms with Crippen LogP contribution in [0.15, 0.2) is 0 Å². The first kappa shape index (κ1) is 21.2. The Morgan fingerprint density at radius 2 is 1.45 bits per heavy atom. The minimum atomic E-state index is -0.304. The summed E-state index contributed by atoms with van der Waals surface area (Å²) in [7, 11) is 0. The van der Waals surface area contributed by atoms with Gasteiger partial charge in [-0.25, -0.2) is 0 Å². The van der Waals surface area contributed by atoms with Gasteiger partial charge in [0.25, 0.3) is 0 Å². The summed E-state index contributed by atoms with van der Waals surface area (Å²) in [5.74, 6) is 2.31. The molecular weight excluding hydrogens is 392 g/mol. The molecule has 2 unspecified atom stereocenters. The Kier molecular flexibility index (Phi) is 5.51. The third-order valence-electron chi connectivity index (χ3n) is 9.13. The highest BCUT2D eigenvalue weighted by Crippen LogP contribution is 2.60. The van der Waals surface area contributed by atoms with Crippen LogP contribution >= 0.6 is 0 Å². The number of nitrogens with zero attached hydrogens (tertiary/aromatic N) is 3. The molecule has 2 aliphatic heterocycles. The van der Waals surface area contributed by atoms with Gasteiger partial charge in [-0.15, -0.1) is 0 Å². The predicted octanol–water partition coefficient (Wildman–Crippen LogP) is 1.46. The van der Waals surface area contributed by atoms with Gasteiger partial charge < -0.3 is 15.5 Å². The number of piperidine rings is 1. The van der Waals surface area contributed by atoms with Crippen molar-refractivity contribution in [2.45, 2.75) is 64.3 Å². The molecule has 0 radical (unpaired) electrons. The second-order valence-electron chi connectivity index (χ2n) is 11.2. The Morgan fingerprint density at radius 1 is 0.871 bits per heavy atom. The van der Waals surface area contributed by atoms with Gasteiger partial charge in [-0.2, -0.15) is 0 Å². The molecule has 6 fully saturated rings. The zero-order valence-electron chi connectivity index (χ0n) is 18.9. The molecule has 7 nitrogen and oxygen atoms in total. The number of likely N-dealkylation sites (tertiary alicyclic amines) is 1. The minimum absolute atomic E-state index is 0.0735. The molecule has 0 aromatic carbocycles. The average molecular weight is 431 g/mol. The van der Waals surface area contributed by atoms with Crippen molar-refractivity contribution in [1.29, 1.82) is 0 Å². The summed E-state index contributed by atoms with van der Waals surface area (Å²) >= 11 is 0. The number of carbonyl (C=O) groups is 3. The van der Waals surface area contributed by atoms with E-state index in [1.54, 1.807) is 0 Å².